The maximum absolute atomic E-state index is 13.9. The van der Waals surface area contributed by atoms with Crippen molar-refractivity contribution in [3.63, 3.8) is 0 Å². The van der Waals surface area contributed by atoms with Crippen molar-refractivity contribution in [2.24, 2.45) is 5.92 Å². The van der Waals surface area contributed by atoms with Gasteiger partial charge in [0.2, 0.25) is 5.91 Å². The van der Waals surface area contributed by atoms with Crippen molar-refractivity contribution in [1.29, 1.82) is 0 Å². The third-order valence-electron chi connectivity index (χ3n) is 6.13. The fourth-order valence-corrected chi connectivity index (χ4v) is 4.60. The third-order valence-corrected chi connectivity index (χ3v) is 6.38. The van der Waals surface area contributed by atoms with Gasteiger partial charge < -0.3 is 15.5 Å². The second-order valence-corrected chi connectivity index (χ2v) is 9.36. The number of urea groups is 1. The molecule has 0 bridgehead atoms. The molecule has 2 heterocycles. The number of nitrogens with zero attached hydrogens (tertiary/aromatic N) is 2. The molecule has 7 nitrogen and oxygen atoms in total. The van der Waals surface area contributed by atoms with E-state index >= 15 is 0 Å². The lowest BCUT2D eigenvalue weighted by Gasteiger charge is -2.32. The van der Waals surface area contributed by atoms with Crippen molar-refractivity contribution < 1.29 is 14.4 Å². The number of rotatable bonds is 7. The topological polar surface area (TPSA) is 81.8 Å². The van der Waals surface area contributed by atoms with Gasteiger partial charge in [0.15, 0.2) is 0 Å². The summed E-state index contributed by atoms with van der Waals surface area (Å²) in [5, 5.41) is 6.51. The predicted molar refractivity (Wildman–Crippen MR) is 131 cm³/mol. The average Bonchev–Trinajstić information content (AvgIpc) is 3.15. The highest BCUT2D eigenvalue weighted by molar-refractivity contribution is 6.30. The number of likely N-dealkylation sites (N-methyl/N-ethyl adjacent to an activating group) is 1. The number of nitrogens with one attached hydrogen (secondary N) is 2. The summed E-state index contributed by atoms with van der Waals surface area (Å²) in [6.07, 6.45) is 0. The molecule has 2 atom stereocenters. The highest BCUT2D eigenvalue weighted by atomic mass is 35.5. The maximum atomic E-state index is 13.9. The van der Waals surface area contributed by atoms with Crippen molar-refractivity contribution >= 4 is 29.4 Å². The van der Waals surface area contributed by atoms with E-state index in [2.05, 4.69) is 10.6 Å². The number of benzene rings is 2. The lowest BCUT2D eigenvalue weighted by atomic mass is 9.95. The summed E-state index contributed by atoms with van der Waals surface area (Å²) in [4.78, 5) is 43.3. The maximum Gasteiger partial charge on any atom is 0.322 e. The van der Waals surface area contributed by atoms with Crippen LogP contribution >= 0.6 is 11.6 Å². The van der Waals surface area contributed by atoms with E-state index < -0.39 is 12.1 Å². The standard InChI is InChI=1S/C26H29ClN4O3/c1-4-30-20-15-31(23(18-8-6-5-7-9-18)24(32)28-14-16(2)3)25(33)21(20)22(29-26(30)34)17-10-12-19(27)13-11-17/h5-13,16,22-23H,4,14-15H2,1-3H3,(H,28,32)(H,29,34)/t22-,23-/m0/s1. The Labute approximate surface area is 204 Å². The van der Waals surface area contributed by atoms with Crippen LogP contribution in [0.1, 0.15) is 44.0 Å². The predicted octanol–water partition coefficient (Wildman–Crippen LogP) is 4.04. The number of hydrogen-bond acceptors (Lipinski definition) is 3. The van der Waals surface area contributed by atoms with Crippen LogP contribution in [0.4, 0.5) is 4.79 Å². The smallest absolute Gasteiger partial charge is 0.322 e. The lowest BCUT2D eigenvalue weighted by Crippen LogP contribution is -2.47. The van der Waals surface area contributed by atoms with Gasteiger partial charge in [-0.1, -0.05) is 67.9 Å². The summed E-state index contributed by atoms with van der Waals surface area (Å²) >= 11 is 6.06. The normalized spacial score (nSPS) is 18.8. The van der Waals surface area contributed by atoms with Crippen LogP contribution in [-0.2, 0) is 9.59 Å². The van der Waals surface area contributed by atoms with E-state index in [0.717, 1.165) is 11.1 Å². The highest BCUT2D eigenvalue weighted by Gasteiger charge is 2.47. The minimum atomic E-state index is -0.808. The van der Waals surface area contributed by atoms with E-state index in [4.69, 9.17) is 11.6 Å². The van der Waals surface area contributed by atoms with Gasteiger partial charge in [0.25, 0.3) is 5.91 Å². The zero-order valence-corrected chi connectivity index (χ0v) is 20.3. The molecule has 0 unspecified atom stereocenters. The summed E-state index contributed by atoms with van der Waals surface area (Å²) < 4.78 is 0. The Morgan fingerprint density at radius 3 is 2.41 bits per heavy atom. The molecular formula is C26H29ClN4O3. The van der Waals surface area contributed by atoms with Crippen LogP contribution < -0.4 is 10.6 Å². The molecule has 8 heteroatoms. The zero-order chi connectivity index (χ0) is 24.4. The number of hydrogen-bond donors (Lipinski definition) is 2. The third kappa shape index (κ3) is 4.53. The van der Waals surface area contributed by atoms with Gasteiger partial charge in [-0.2, -0.15) is 0 Å². The minimum Gasteiger partial charge on any atom is -0.354 e. The van der Waals surface area contributed by atoms with Crippen LogP contribution in [-0.4, -0.2) is 47.3 Å². The Kier molecular flexibility index (Phi) is 6.93. The van der Waals surface area contributed by atoms with E-state index in [1.54, 1.807) is 34.1 Å². The molecule has 2 aromatic rings. The summed E-state index contributed by atoms with van der Waals surface area (Å²) in [5.74, 6) is -0.229. The van der Waals surface area contributed by atoms with Crippen molar-refractivity contribution in [2.75, 3.05) is 19.6 Å². The fourth-order valence-electron chi connectivity index (χ4n) is 4.47. The van der Waals surface area contributed by atoms with Gasteiger partial charge in [0.1, 0.15) is 6.04 Å². The summed E-state index contributed by atoms with van der Waals surface area (Å²) in [7, 11) is 0. The van der Waals surface area contributed by atoms with Gasteiger partial charge in [-0.3, -0.25) is 14.5 Å². The Morgan fingerprint density at radius 2 is 1.79 bits per heavy atom. The van der Waals surface area contributed by atoms with Gasteiger partial charge in [0.05, 0.1) is 23.9 Å². The van der Waals surface area contributed by atoms with E-state index in [-0.39, 0.29) is 30.3 Å². The first-order valence-corrected chi connectivity index (χ1v) is 11.9. The lowest BCUT2D eigenvalue weighted by molar-refractivity contribution is -0.136. The molecule has 34 heavy (non-hydrogen) atoms. The molecule has 2 aliphatic rings. The first kappa shape index (κ1) is 23.8. The van der Waals surface area contributed by atoms with Crippen LogP contribution in [0.15, 0.2) is 65.9 Å². The summed E-state index contributed by atoms with van der Waals surface area (Å²) in [5.41, 5.74) is 2.61. The van der Waals surface area contributed by atoms with Crippen LogP contribution in [0.5, 0.6) is 0 Å². The monoisotopic (exact) mass is 480 g/mol. The molecule has 2 N–H and O–H groups in total. The average molecular weight is 481 g/mol. The number of halogens is 1. The molecule has 0 aliphatic carbocycles. The molecule has 4 rings (SSSR count). The second-order valence-electron chi connectivity index (χ2n) is 8.92. The summed E-state index contributed by atoms with van der Waals surface area (Å²) in [6, 6.07) is 14.7. The van der Waals surface area contributed by atoms with E-state index in [1.807, 2.05) is 51.1 Å². The molecule has 2 aromatic carbocycles. The van der Waals surface area contributed by atoms with E-state index in [1.165, 1.54) is 0 Å². The number of amides is 4. The van der Waals surface area contributed by atoms with Crippen LogP contribution in [0.2, 0.25) is 5.02 Å². The van der Waals surface area contributed by atoms with E-state index in [0.29, 0.717) is 29.4 Å². The van der Waals surface area contributed by atoms with Crippen LogP contribution in [0, 0.1) is 5.92 Å². The minimum absolute atomic E-state index is 0.175. The molecule has 2 aliphatic heterocycles. The Bertz CT molecular complexity index is 1110. The molecular weight excluding hydrogens is 452 g/mol. The van der Waals surface area contributed by atoms with Crippen LogP contribution in [0.3, 0.4) is 0 Å². The quantitative estimate of drug-likeness (QED) is 0.627. The van der Waals surface area contributed by atoms with Gasteiger partial charge in [0, 0.05) is 18.1 Å². The Balaban J connectivity index is 1.74. The van der Waals surface area contributed by atoms with Crippen molar-refractivity contribution in [3.8, 4) is 0 Å². The SMILES string of the molecule is CCN1C(=O)N[C@@H](c2ccc(Cl)cc2)C2=C1CN([C@H](C(=O)NCC(C)C)c1ccccc1)C2=O. The molecule has 0 spiro atoms. The van der Waals surface area contributed by atoms with Gasteiger partial charge >= 0.3 is 6.03 Å². The molecule has 178 valence electrons. The largest absolute Gasteiger partial charge is 0.354 e. The molecule has 0 fully saturated rings. The number of carbonyl (C=O) groups excluding carboxylic acids is 3. The molecule has 4 amide bonds. The second kappa shape index (κ2) is 9.89. The molecule has 0 radical (unpaired) electrons. The summed E-state index contributed by atoms with van der Waals surface area (Å²) in [6.45, 7) is 7.00. The molecule has 0 saturated carbocycles. The number of carbonyl (C=O) groups is 3. The van der Waals surface area contributed by atoms with Crippen molar-refractivity contribution in [2.45, 2.75) is 32.9 Å². The van der Waals surface area contributed by atoms with Gasteiger partial charge in [-0.15, -0.1) is 0 Å². The first-order valence-electron chi connectivity index (χ1n) is 11.5. The van der Waals surface area contributed by atoms with Gasteiger partial charge in [-0.25, -0.2) is 4.79 Å². The van der Waals surface area contributed by atoms with E-state index in [9.17, 15) is 14.4 Å². The Hall–Kier alpha value is -3.32. The highest BCUT2D eigenvalue weighted by Crippen LogP contribution is 2.39. The van der Waals surface area contributed by atoms with Crippen molar-refractivity contribution in [3.05, 3.63) is 82.0 Å². The molecule has 0 aromatic heterocycles. The van der Waals surface area contributed by atoms with Crippen LogP contribution in [0.25, 0.3) is 0 Å². The first-order chi connectivity index (χ1) is 16.3. The molecule has 0 saturated heterocycles. The zero-order valence-electron chi connectivity index (χ0n) is 19.5. The Morgan fingerprint density at radius 1 is 1.12 bits per heavy atom. The fraction of sp³-hybridized carbons (Fsp3) is 0.346. The van der Waals surface area contributed by atoms with Gasteiger partial charge in [-0.05, 0) is 36.1 Å². The van der Waals surface area contributed by atoms with Crippen molar-refractivity contribution in [1.82, 2.24) is 20.4 Å².